The average Bonchev–Trinajstić information content (AvgIpc) is 2.62. The van der Waals surface area contributed by atoms with Gasteiger partial charge in [0.25, 0.3) is 5.91 Å². The molecule has 1 amide bonds. The predicted octanol–water partition coefficient (Wildman–Crippen LogP) is 4.25. The van der Waals surface area contributed by atoms with Crippen LogP contribution in [0.15, 0.2) is 72.9 Å². The third kappa shape index (κ3) is 4.20. The number of anilines is 2. The lowest BCUT2D eigenvalue weighted by atomic mass is 10.1. The summed E-state index contributed by atoms with van der Waals surface area (Å²) in [6.07, 6.45) is 1.78. The van der Waals surface area contributed by atoms with Crippen LogP contribution in [0.4, 0.5) is 11.4 Å². The summed E-state index contributed by atoms with van der Waals surface area (Å²) in [5.41, 5.74) is 4.46. The topological polar surface area (TPSA) is 54.0 Å². The van der Waals surface area contributed by atoms with Crippen LogP contribution in [0.5, 0.6) is 0 Å². The Morgan fingerprint density at radius 1 is 0.958 bits per heavy atom. The van der Waals surface area contributed by atoms with E-state index in [0.29, 0.717) is 12.1 Å². The van der Waals surface area contributed by atoms with E-state index in [1.165, 1.54) is 0 Å². The van der Waals surface area contributed by atoms with E-state index < -0.39 is 0 Å². The first-order chi connectivity index (χ1) is 11.7. The number of hydrogen-bond acceptors (Lipinski definition) is 3. The average molecular weight is 317 g/mol. The molecular formula is C20H19N3O. The van der Waals surface area contributed by atoms with Crippen LogP contribution < -0.4 is 10.6 Å². The Morgan fingerprint density at radius 3 is 2.46 bits per heavy atom. The molecule has 0 bridgehead atoms. The monoisotopic (exact) mass is 317 g/mol. The summed E-state index contributed by atoms with van der Waals surface area (Å²) < 4.78 is 0. The maximum Gasteiger partial charge on any atom is 0.255 e. The number of rotatable bonds is 5. The van der Waals surface area contributed by atoms with Crippen molar-refractivity contribution in [2.24, 2.45) is 0 Å². The van der Waals surface area contributed by atoms with Crippen LogP contribution in [-0.2, 0) is 6.54 Å². The molecule has 0 spiro atoms. The standard InChI is InChI=1S/C20H19N3O/c1-15-5-4-6-16(13-15)20(24)23-18-10-8-17(9-11-18)22-14-19-7-2-3-12-21-19/h2-13,22H,14H2,1H3,(H,23,24). The van der Waals surface area contributed by atoms with Gasteiger partial charge in [0.2, 0.25) is 0 Å². The van der Waals surface area contributed by atoms with Gasteiger partial charge in [-0.2, -0.15) is 0 Å². The van der Waals surface area contributed by atoms with Crippen molar-refractivity contribution in [3.8, 4) is 0 Å². The molecule has 0 aliphatic rings. The third-order valence-electron chi connectivity index (χ3n) is 3.62. The van der Waals surface area contributed by atoms with Crippen molar-refractivity contribution >= 4 is 17.3 Å². The molecule has 2 aromatic carbocycles. The van der Waals surface area contributed by atoms with Crippen LogP contribution in [0.2, 0.25) is 0 Å². The van der Waals surface area contributed by atoms with E-state index in [0.717, 1.165) is 22.6 Å². The second-order valence-electron chi connectivity index (χ2n) is 5.58. The summed E-state index contributed by atoms with van der Waals surface area (Å²) in [6, 6.07) is 21.0. The highest BCUT2D eigenvalue weighted by atomic mass is 16.1. The highest BCUT2D eigenvalue weighted by Gasteiger charge is 2.06. The van der Waals surface area contributed by atoms with Crippen molar-refractivity contribution < 1.29 is 4.79 Å². The van der Waals surface area contributed by atoms with Gasteiger partial charge in [0.15, 0.2) is 0 Å². The molecular weight excluding hydrogens is 298 g/mol. The first-order valence-corrected chi connectivity index (χ1v) is 7.82. The Balaban J connectivity index is 1.59. The van der Waals surface area contributed by atoms with Crippen LogP contribution in [-0.4, -0.2) is 10.9 Å². The van der Waals surface area contributed by atoms with E-state index >= 15 is 0 Å². The molecule has 3 aromatic rings. The number of nitrogens with zero attached hydrogens (tertiary/aromatic N) is 1. The van der Waals surface area contributed by atoms with E-state index in [-0.39, 0.29) is 5.91 Å². The van der Waals surface area contributed by atoms with Crippen LogP contribution in [0.3, 0.4) is 0 Å². The van der Waals surface area contributed by atoms with Gasteiger partial charge in [0.1, 0.15) is 0 Å². The first kappa shape index (κ1) is 15.7. The number of carbonyl (C=O) groups is 1. The highest BCUT2D eigenvalue weighted by Crippen LogP contribution is 2.15. The van der Waals surface area contributed by atoms with Gasteiger partial charge in [-0.15, -0.1) is 0 Å². The second kappa shape index (κ2) is 7.42. The summed E-state index contributed by atoms with van der Waals surface area (Å²) in [6.45, 7) is 2.63. The smallest absolute Gasteiger partial charge is 0.255 e. The van der Waals surface area contributed by atoms with E-state index in [1.54, 1.807) is 6.20 Å². The number of benzene rings is 2. The number of carbonyl (C=O) groups excluding carboxylic acids is 1. The molecule has 1 aromatic heterocycles. The lowest BCUT2D eigenvalue weighted by Crippen LogP contribution is -2.11. The molecule has 4 nitrogen and oxygen atoms in total. The molecule has 2 N–H and O–H groups in total. The van der Waals surface area contributed by atoms with Crippen LogP contribution in [0.1, 0.15) is 21.6 Å². The molecule has 0 saturated carbocycles. The molecule has 3 rings (SSSR count). The van der Waals surface area contributed by atoms with Crippen molar-refractivity contribution in [1.29, 1.82) is 0 Å². The summed E-state index contributed by atoms with van der Waals surface area (Å²) >= 11 is 0. The van der Waals surface area contributed by atoms with Gasteiger partial charge in [-0.3, -0.25) is 9.78 Å². The van der Waals surface area contributed by atoms with Crippen LogP contribution >= 0.6 is 0 Å². The fourth-order valence-electron chi connectivity index (χ4n) is 2.36. The number of hydrogen-bond donors (Lipinski definition) is 2. The summed E-state index contributed by atoms with van der Waals surface area (Å²) in [5, 5.41) is 6.21. The van der Waals surface area contributed by atoms with Crippen LogP contribution in [0.25, 0.3) is 0 Å². The summed E-state index contributed by atoms with van der Waals surface area (Å²) in [5.74, 6) is -0.104. The maximum absolute atomic E-state index is 12.2. The third-order valence-corrected chi connectivity index (χ3v) is 3.62. The molecule has 0 fully saturated rings. The van der Waals surface area contributed by atoms with E-state index in [9.17, 15) is 4.79 Å². The molecule has 0 atom stereocenters. The summed E-state index contributed by atoms with van der Waals surface area (Å²) in [7, 11) is 0. The van der Waals surface area contributed by atoms with Crippen molar-refractivity contribution in [3.63, 3.8) is 0 Å². The van der Waals surface area contributed by atoms with Gasteiger partial charge in [0, 0.05) is 23.1 Å². The Labute approximate surface area is 141 Å². The van der Waals surface area contributed by atoms with Gasteiger partial charge >= 0.3 is 0 Å². The van der Waals surface area contributed by atoms with E-state index in [1.807, 2.05) is 73.7 Å². The molecule has 0 saturated heterocycles. The highest BCUT2D eigenvalue weighted by molar-refractivity contribution is 6.04. The van der Waals surface area contributed by atoms with E-state index in [2.05, 4.69) is 15.6 Å². The van der Waals surface area contributed by atoms with Gasteiger partial charge < -0.3 is 10.6 Å². The van der Waals surface area contributed by atoms with Gasteiger partial charge in [-0.25, -0.2) is 0 Å². The number of pyridine rings is 1. The lowest BCUT2D eigenvalue weighted by Gasteiger charge is -2.09. The van der Waals surface area contributed by atoms with E-state index in [4.69, 9.17) is 0 Å². The molecule has 120 valence electrons. The van der Waals surface area contributed by atoms with Crippen molar-refractivity contribution in [2.45, 2.75) is 13.5 Å². The number of amides is 1. The Kier molecular flexibility index (Phi) is 4.87. The zero-order chi connectivity index (χ0) is 16.8. The number of aromatic nitrogens is 1. The Bertz CT molecular complexity index is 814. The molecule has 24 heavy (non-hydrogen) atoms. The Morgan fingerprint density at radius 2 is 1.75 bits per heavy atom. The molecule has 0 aliphatic carbocycles. The minimum atomic E-state index is -0.104. The van der Waals surface area contributed by atoms with Gasteiger partial charge in [-0.1, -0.05) is 23.8 Å². The second-order valence-corrected chi connectivity index (χ2v) is 5.58. The SMILES string of the molecule is Cc1cccc(C(=O)Nc2ccc(NCc3ccccn3)cc2)c1. The number of aryl methyl sites for hydroxylation is 1. The maximum atomic E-state index is 12.2. The Hall–Kier alpha value is -3.14. The predicted molar refractivity (Wildman–Crippen MR) is 97.1 cm³/mol. The zero-order valence-corrected chi connectivity index (χ0v) is 13.5. The molecule has 1 heterocycles. The molecule has 4 heteroatoms. The van der Waals surface area contributed by atoms with Crippen molar-refractivity contribution in [1.82, 2.24) is 4.98 Å². The van der Waals surface area contributed by atoms with Crippen molar-refractivity contribution in [2.75, 3.05) is 10.6 Å². The zero-order valence-electron chi connectivity index (χ0n) is 13.5. The van der Waals surface area contributed by atoms with Crippen LogP contribution in [0, 0.1) is 6.92 Å². The lowest BCUT2D eigenvalue weighted by molar-refractivity contribution is 0.102. The minimum absolute atomic E-state index is 0.104. The fraction of sp³-hybridized carbons (Fsp3) is 0.100. The van der Waals surface area contributed by atoms with Crippen molar-refractivity contribution in [3.05, 3.63) is 89.7 Å². The first-order valence-electron chi connectivity index (χ1n) is 7.82. The quantitative estimate of drug-likeness (QED) is 0.739. The minimum Gasteiger partial charge on any atom is -0.379 e. The largest absolute Gasteiger partial charge is 0.379 e. The normalized spacial score (nSPS) is 10.2. The number of nitrogens with one attached hydrogen (secondary N) is 2. The van der Waals surface area contributed by atoms with Gasteiger partial charge in [0.05, 0.1) is 12.2 Å². The summed E-state index contributed by atoms with van der Waals surface area (Å²) in [4.78, 5) is 16.5. The van der Waals surface area contributed by atoms with Gasteiger partial charge in [-0.05, 0) is 55.5 Å². The molecule has 0 aliphatic heterocycles. The molecule has 0 unspecified atom stereocenters. The molecule has 0 radical (unpaired) electrons. The fourth-order valence-corrected chi connectivity index (χ4v) is 2.36.